The number of hydrogen-bond acceptors (Lipinski definition) is 3. The molecule has 122 valence electrons. The van der Waals surface area contributed by atoms with Gasteiger partial charge in [0.05, 0.1) is 16.0 Å². The quantitative estimate of drug-likeness (QED) is 0.556. The molecule has 1 saturated heterocycles. The highest BCUT2D eigenvalue weighted by Crippen LogP contribution is 2.46. The molecule has 24 heavy (non-hydrogen) atoms. The van der Waals surface area contributed by atoms with Crippen LogP contribution in [0.2, 0.25) is 5.02 Å². The Balaban J connectivity index is 1.80. The van der Waals surface area contributed by atoms with Gasteiger partial charge in [-0.3, -0.25) is 0 Å². The third kappa shape index (κ3) is 3.37. The van der Waals surface area contributed by atoms with Gasteiger partial charge >= 0.3 is 0 Å². The van der Waals surface area contributed by atoms with Gasteiger partial charge in [0.25, 0.3) is 0 Å². The normalized spacial score (nSPS) is 15.5. The first-order chi connectivity index (χ1) is 11.8. The van der Waals surface area contributed by atoms with Crippen LogP contribution < -0.4 is 0 Å². The minimum Gasteiger partial charge on any atom is -0.240 e. The number of benzene rings is 2. The summed E-state index contributed by atoms with van der Waals surface area (Å²) in [5.41, 5.74) is 4.62. The zero-order valence-corrected chi connectivity index (χ0v) is 15.4. The van der Waals surface area contributed by atoms with Gasteiger partial charge in [0.15, 0.2) is 0 Å². The van der Waals surface area contributed by atoms with Crippen molar-refractivity contribution < 1.29 is 0 Å². The molecule has 4 rings (SSSR count). The van der Waals surface area contributed by atoms with Gasteiger partial charge in [-0.05, 0) is 47.8 Å². The Morgan fingerprint density at radius 2 is 1.67 bits per heavy atom. The van der Waals surface area contributed by atoms with Crippen molar-refractivity contribution in [2.75, 3.05) is 11.5 Å². The average molecular weight is 373 g/mol. The maximum atomic E-state index is 6.06. The Kier molecular flexibility index (Phi) is 4.88. The molecule has 0 amide bonds. The highest BCUT2D eigenvalue weighted by atomic mass is 35.5. The van der Waals surface area contributed by atoms with Gasteiger partial charge in [-0.2, -0.15) is 5.10 Å². The highest BCUT2D eigenvalue weighted by Gasteiger charge is 2.24. The predicted molar refractivity (Wildman–Crippen MR) is 106 cm³/mol. The molecule has 0 atom stereocenters. The monoisotopic (exact) mass is 372 g/mol. The first kappa shape index (κ1) is 16.1. The van der Waals surface area contributed by atoms with Crippen LogP contribution in [0.5, 0.6) is 0 Å². The SMILES string of the molecule is Clc1ccc(-c2cn(-c3ccccc3)nc2C2SCCCS2)cc1. The van der Waals surface area contributed by atoms with Gasteiger partial charge in [0.2, 0.25) is 0 Å². The van der Waals surface area contributed by atoms with Crippen LogP contribution in [0.25, 0.3) is 16.8 Å². The molecule has 0 radical (unpaired) electrons. The molecule has 0 saturated carbocycles. The van der Waals surface area contributed by atoms with E-state index >= 15 is 0 Å². The van der Waals surface area contributed by atoms with Crippen LogP contribution in [0, 0.1) is 0 Å². The van der Waals surface area contributed by atoms with E-state index in [2.05, 4.69) is 30.5 Å². The van der Waals surface area contributed by atoms with Crippen molar-refractivity contribution in [2.45, 2.75) is 11.0 Å². The van der Waals surface area contributed by atoms with Crippen molar-refractivity contribution in [3.05, 3.63) is 71.5 Å². The average Bonchev–Trinajstić information content (AvgIpc) is 3.09. The van der Waals surface area contributed by atoms with Crippen LogP contribution in [-0.4, -0.2) is 21.3 Å². The van der Waals surface area contributed by atoms with E-state index in [0.717, 1.165) is 16.4 Å². The second kappa shape index (κ2) is 7.26. The number of rotatable bonds is 3. The van der Waals surface area contributed by atoms with Crippen LogP contribution in [-0.2, 0) is 0 Å². The van der Waals surface area contributed by atoms with Crippen molar-refractivity contribution in [2.24, 2.45) is 0 Å². The van der Waals surface area contributed by atoms with Crippen LogP contribution in [0.3, 0.4) is 0 Å². The van der Waals surface area contributed by atoms with Crippen LogP contribution in [0.1, 0.15) is 16.7 Å². The molecule has 0 aliphatic carbocycles. The van der Waals surface area contributed by atoms with Gasteiger partial charge in [-0.15, -0.1) is 23.5 Å². The lowest BCUT2D eigenvalue weighted by Crippen LogP contribution is -2.03. The smallest absolute Gasteiger partial charge is 0.0946 e. The Morgan fingerprint density at radius 1 is 0.958 bits per heavy atom. The van der Waals surface area contributed by atoms with Crippen LogP contribution >= 0.6 is 35.1 Å². The number of thioether (sulfide) groups is 2. The summed E-state index contributed by atoms with van der Waals surface area (Å²) in [5, 5.41) is 5.71. The van der Waals surface area contributed by atoms with E-state index in [0.29, 0.717) is 4.58 Å². The third-order valence-corrected chi connectivity index (χ3v) is 7.14. The Labute approximate surface area is 155 Å². The first-order valence-corrected chi connectivity index (χ1v) is 10.4. The summed E-state index contributed by atoms with van der Waals surface area (Å²) in [4.78, 5) is 0. The number of hydrogen-bond donors (Lipinski definition) is 0. The Morgan fingerprint density at radius 3 is 2.38 bits per heavy atom. The summed E-state index contributed by atoms with van der Waals surface area (Å²) < 4.78 is 2.39. The lowest BCUT2D eigenvalue weighted by atomic mass is 10.1. The largest absolute Gasteiger partial charge is 0.240 e. The second-order valence-electron chi connectivity index (χ2n) is 5.64. The molecule has 2 heterocycles. The highest BCUT2D eigenvalue weighted by molar-refractivity contribution is 8.16. The predicted octanol–water partition coefficient (Wildman–Crippen LogP) is 6.06. The van der Waals surface area contributed by atoms with Gasteiger partial charge in [-0.25, -0.2) is 4.68 Å². The van der Waals surface area contributed by atoms with E-state index in [-0.39, 0.29) is 0 Å². The lowest BCUT2D eigenvalue weighted by Gasteiger charge is -2.20. The number of para-hydroxylation sites is 1. The zero-order chi connectivity index (χ0) is 16.4. The maximum absolute atomic E-state index is 6.06. The van der Waals surface area contributed by atoms with E-state index in [1.165, 1.54) is 29.1 Å². The second-order valence-corrected chi connectivity index (χ2v) is 8.80. The summed E-state index contributed by atoms with van der Waals surface area (Å²) in [6.07, 6.45) is 3.42. The van der Waals surface area contributed by atoms with E-state index in [9.17, 15) is 0 Å². The number of halogens is 1. The lowest BCUT2D eigenvalue weighted by molar-refractivity contribution is 0.856. The molecule has 0 N–H and O–H groups in total. The minimum atomic E-state index is 0.398. The summed E-state index contributed by atoms with van der Waals surface area (Å²) in [6.45, 7) is 0. The molecule has 2 nitrogen and oxygen atoms in total. The van der Waals surface area contributed by atoms with Crippen LogP contribution in [0.4, 0.5) is 0 Å². The number of nitrogens with zero attached hydrogens (tertiary/aromatic N) is 2. The van der Waals surface area contributed by atoms with Gasteiger partial charge in [0.1, 0.15) is 0 Å². The third-order valence-electron chi connectivity index (χ3n) is 3.97. The molecule has 1 aromatic heterocycles. The van der Waals surface area contributed by atoms with Gasteiger partial charge in [-0.1, -0.05) is 41.9 Å². The summed E-state index contributed by atoms with van der Waals surface area (Å²) in [5.74, 6) is 2.41. The minimum absolute atomic E-state index is 0.398. The van der Waals surface area contributed by atoms with Crippen molar-refractivity contribution >= 4 is 35.1 Å². The summed E-state index contributed by atoms with van der Waals surface area (Å²) >= 11 is 10.1. The van der Waals surface area contributed by atoms with Crippen molar-refractivity contribution in [1.29, 1.82) is 0 Å². The van der Waals surface area contributed by atoms with E-state index in [4.69, 9.17) is 16.7 Å². The standard InChI is InChI=1S/C19H17ClN2S2/c20-15-9-7-14(8-10-15)17-13-22(16-5-2-1-3-6-16)21-18(17)19-23-11-4-12-24-19/h1-3,5-10,13,19H,4,11-12H2. The molecule has 0 spiro atoms. The molecule has 3 aromatic rings. The number of aromatic nitrogens is 2. The van der Waals surface area contributed by atoms with Crippen LogP contribution in [0.15, 0.2) is 60.8 Å². The Bertz CT molecular complexity index is 809. The van der Waals surface area contributed by atoms with E-state index in [1.54, 1.807) is 0 Å². The fourth-order valence-electron chi connectivity index (χ4n) is 2.77. The summed E-state index contributed by atoms with van der Waals surface area (Å²) in [7, 11) is 0. The van der Waals surface area contributed by atoms with Gasteiger partial charge in [0, 0.05) is 16.8 Å². The van der Waals surface area contributed by atoms with Crippen molar-refractivity contribution in [3.63, 3.8) is 0 Å². The molecule has 1 aliphatic heterocycles. The molecule has 2 aromatic carbocycles. The maximum Gasteiger partial charge on any atom is 0.0946 e. The molecule has 5 heteroatoms. The van der Waals surface area contributed by atoms with E-state index < -0.39 is 0 Å². The van der Waals surface area contributed by atoms with Crippen molar-refractivity contribution in [1.82, 2.24) is 9.78 Å². The summed E-state index contributed by atoms with van der Waals surface area (Å²) in [6, 6.07) is 18.3. The van der Waals surface area contributed by atoms with Gasteiger partial charge < -0.3 is 0 Å². The topological polar surface area (TPSA) is 17.8 Å². The van der Waals surface area contributed by atoms with Crippen molar-refractivity contribution in [3.8, 4) is 16.8 Å². The first-order valence-electron chi connectivity index (χ1n) is 7.95. The fraction of sp³-hybridized carbons (Fsp3) is 0.211. The fourth-order valence-corrected chi connectivity index (χ4v) is 5.76. The molecule has 0 unspecified atom stereocenters. The molecule has 0 bridgehead atoms. The Hall–Kier alpha value is -1.36. The molecule has 1 aliphatic rings. The molecular formula is C19H17ClN2S2. The zero-order valence-electron chi connectivity index (χ0n) is 13.1. The molecule has 1 fully saturated rings. The van der Waals surface area contributed by atoms with E-state index in [1.807, 2.05) is 58.5 Å². The molecular weight excluding hydrogens is 356 g/mol.